The van der Waals surface area contributed by atoms with Gasteiger partial charge in [0, 0.05) is 17.3 Å². The van der Waals surface area contributed by atoms with E-state index < -0.39 is 23.1 Å². The lowest BCUT2D eigenvalue weighted by Gasteiger charge is -2.22. The van der Waals surface area contributed by atoms with Gasteiger partial charge in [0.2, 0.25) is 0 Å². The van der Waals surface area contributed by atoms with Crippen molar-refractivity contribution in [2.75, 3.05) is 0 Å². The van der Waals surface area contributed by atoms with Crippen molar-refractivity contribution in [2.45, 2.75) is 38.9 Å². The summed E-state index contributed by atoms with van der Waals surface area (Å²) in [5.74, 6) is -0.763. The van der Waals surface area contributed by atoms with Crippen molar-refractivity contribution < 1.29 is 22.4 Å². The van der Waals surface area contributed by atoms with Gasteiger partial charge >= 0.3 is 6.18 Å². The lowest BCUT2D eigenvalue weighted by molar-refractivity contribution is -0.137. The highest BCUT2D eigenvalue weighted by molar-refractivity contribution is 5.99. The summed E-state index contributed by atoms with van der Waals surface area (Å²) < 4.78 is 52.1. The highest BCUT2D eigenvalue weighted by Crippen LogP contribution is 2.33. The van der Waals surface area contributed by atoms with Gasteiger partial charge in [-0.2, -0.15) is 13.2 Å². The fourth-order valence-electron chi connectivity index (χ4n) is 2.97. The molecule has 2 aromatic carbocycles. The number of carbonyl (C=O) groups is 1. The summed E-state index contributed by atoms with van der Waals surface area (Å²) in [4.78, 5) is 17.2. The van der Waals surface area contributed by atoms with Crippen LogP contribution in [0.15, 0.2) is 48.5 Å². The minimum absolute atomic E-state index is 0.180. The second-order valence-electron chi connectivity index (χ2n) is 7.85. The summed E-state index contributed by atoms with van der Waals surface area (Å²) >= 11 is 0. The third-order valence-electron chi connectivity index (χ3n) is 4.47. The van der Waals surface area contributed by atoms with Gasteiger partial charge in [-0.3, -0.25) is 9.78 Å². The molecular weight excluding hydrogens is 384 g/mol. The van der Waals surface area contributed by atoms with Crippen molar-refractivity contribution in [1.82, 2.24) is 10.3 Å². The van der Waals surface area contributed by atoms with Gasteiger partial charge in [-0.25, -0.2) is 4.39 Å². The first kappa shape index (κ1) is 20.8. The Morgan fingerprint density at radius 1 is 1.00 bits per heavy atom. The van der Waals surface area contributed by atoms with Crippen LogP contribution in [0.1, 0.15) is 48.0 Å². The average molecular weight is 404 g/mol. The van der Waals surface area contributed by atoms with Crippen LogP contribution in [0.3, 0.4) is 0 Å². The van der Waals surface area contributed by atoms with Gasteiger partial charge in [-0.05, 0) is 35.9 Å². The van der Waals surface area contributed by atoms with Gasteiger partial charge in [0.05, 0.1) is 22.3 Å². The molecule has 0 radical (unpaired) electrons. The maximum Gasteiger partial charge on any atom is 0.416 e. The van der Waals surface area contributed by atoms with Gasteiger partial charge in [-0.15, -0.1) is 0 Å². The Balaban J connectivity index is 1.98. The second-order valence-corrected chi connectivity index (χ2v) is 7.85. The third kappa shape index (κ3) is 4.72. The summed E-state index contributed by atoms with van der Waals surface area (Å²) in [6.45, 7) is 5.70. The summed E-state index contributed by atoms with van der Waals surface area (Å²) in [5.41, 5.74) is 0.254. The molecule has 7 heteroatoms. The van der Waals surface area contributed by atoms with Gasteiger partial charge in [0.15, 0.2) is 0 Å². The molecule has 0 aliphatic rings. The molecule has 3 rings (SSSR count). The number of aromatic nitrogens is 1. The molecule has 0 aliphatic carbocycles. The van der Waals surface area contributed by atoms with Crippen molar-refractivity contribution in [3.8, 4) is 0 Å². The highest BCUT2D eigenvalue weighted by Gasteiger charge is 2.31. The third-order valence-corrected chi connectivity index (χ3v) is 4.47. The SMILES string of the molecule is CC(C)(C)c1nc2cc(C(F)(F)F)ccc2cc1C(=O)NCc1ccc(F)cc1. The van der Waals surface area contributed by atoms with Crippen LogP contribution in [0.2, 0.25) is 0 Å². The maximum atomic E-state index is 13.0. The fourth-order valence-corrected chi connectivity index (χ4v) is 2.97. The number of alkyl halides is 3. The monoisotopic (exact) mass is 404 g/mol. The molecule has 0 fully saturated rings. The zero-order valence-electron chi connectivity index (χ0n) is 16.2. The lowest BCUT2D eigenvalue weighted by Crippen LogP contribution is -2.28. The van der Waals surface area contributed by atoms with Crippen LogP contribution in [0.4, 0.5) is 17.6 Å². The van der Waals surface area contributed by atoms with E-state index in [1.165, 1.54) is 18.2 Å². The molecule has 1 amide bonds. The molecule has 1 aromatic heterocycles. The van der Waals surface area contributed by atoms with E-state index >= 15 is 0 Å². The van der Waals surface area contributed by atoms with Gasteiger partial charge in [0.25, 0.3) is 5.91 Å². The van der Waals surface area contributed by atoms with Crippen LogP contribution in [-0.4, -0.2) is 10.9 Å². The maximum absolute atomic E-state index is 13.0. The Hall–Kier alpha value is -2.96. The molecule has 0 saturated carbocycles. The fraction of sp³-hybridized carbons (Fsp3) is 0.273. The Kier molecular flexibility index (Phi) is 5.34. The van der Waals surface area contributed by atoms with Crippen molar-refractivity contribution >= 4 is 16.8 Å². The van der Waals surface area contributed by atoms with Crippen LogP contribution >= 0.6 is 0 Å². The molecule has 0 bridgehead atoms. The minimum Gasteiger partial charge on any atom is -0.348 e. The first-order valence-electron chi connectivity index (χ1n) is 9.00. The molecule has 0 aliphatic heterocycles. The molecular formula is C22H20F4N2O. The minimum atomic E-state index is -4.47. The van der Waals surface area contributed by atoms with E-state index in [0.717, 1.165) is 17.7 Å². The Morgan fingerprint density at radius 2 is 1.66 bits per heavy atom. The van der Waals surface area contributed by atoms with E-state index in [-0.39, 0.29) is 17.9 Å². The number of halogens is 4. The van der Waals surface area contributed by atoms with Crippen LogP contribution < -0.4 is 5.32 Å². The second kappa shape index (κ2) is 7.46. The average Bonchev–Trinajstić information content (AvgIpc) is 2.64. The van der Waals surface area contributed by atoms with Crippen LogP contribution in [0, 0.1) is 5.82 Å². The van der Waals surface area contributed by atoms with E-state index in [2.05, 4.69) is 10.3 Å². The standard InChI is InChI=1S/C22H20F4N2O/c1-21(2,3)19-17(20(29)27-12-13-4-8-16(23)9-5-13)10-14-6-7-15(22(24,25)26)11-18(14)28-19/h4-11H,12H2,1-3H3,(H,27,29). The Morgan fingerprint density at radius 3 is 2.24 bits per heavy atom. The number of hydrogen-bond donors (Lipinski definition) is 1. The largest absolute Gasteiger partial charge is 0.416 e. The first-order chi connectivity index (χ1) is 13.4. The number of nitrogens with zero attached hydrogens (tertiary/aromatic N) is 1. The first-order valence-corrected chi connectivity index (χ1v) is 9.00. The number of fused-ring (bicyclic) bond motifs is 1. The van der Waals surface area contributed by atoms with Crippen LogP contribution in [0.5, 0.6) is 0 Å². The van der Waals surface area contributed by atoms with E-state index in [4.69, 9.17) is 0 Å². The molecule has 0 unspecified atom stereocenters. The predicted octanol–water partition coefficient (Wildman–Crippen LogP) is 5.62. The zero-order valence-corrected chi connectivity index (χ0v) is 16.2. The summed E-state index contributed by atoms with van der Waals surface area (Å²) in [6, 6.07) is 10.6. The number of benzene rings is 2. The van der Waals surface area contributed by atoms with Crippen molar-refractivity contribution in [3.63, 3.8) is 0 Å². The molecule has 29 heavy (non-hydrogen) atoms. The van der Waals surface area contributed by atoms with Crippen LogP contribution in [-0.2, 0) is 18.1 Å². The van der Waals surface area contributed by atoms with E-state index in [1.54, 1.807) is 18.2 Å². The Bertz CT molecular complexity index is 1050. The molecule has 1 heterocycles. The Labute approximate surface area is 165 Å². The summed E-state index contributed by atoms with van der Waals surface area (Å²) in [6.07, 6.45) is -4.47. The number of nitrogens with one attached hydrogen (secondary N) is 1. The smallest absolute Gasteiger partial charge is 0.348 e. The molecule has 3 aromatic rings. The molecule has 3 nitrogen and oxygen atoms in total. The molecule has 152 valence electrons. The van der Waals surface area contributed by atoms with Crippen molar-refractivity contribution in [1.29, 1.82) is 0 Å². The summed E-state index contributed by atoms with van der Waals surface area (Å²) in [5, 5.41) is 3.21. The summed E-state index contributed by atoms with van der Waals surface area (Å²) in [7, 11) is 0. The van der Waals surface area contributed by atoms with Gasteiger partial charge in [-0.1, -0.05) is 39.0 Å². The van der Waals surface area contributed by atoms with Crippen molar-refractivity contribution in [3.05, 3.63) is 76.7 Å². The molecule has 0 spiro atoms. The normalized spacial score (nSPS) is 12.2. The molecule has 0 atom stereocenters. The molecule has 1 N–H and O–H groups in total. The number of amides is 1. The van der Waals surface area contributed by atoms with E-state index in [1.807, 2.05) is 20.8 Å². The predicted molar refractivity (Wildman–Crippen MR) is 103 cm³/mol. The highest BCUT2D eigenvalue weighted by atomic mass is 19.4. The lowest BCUT2D eigenvalue weighted by atomic mass is 9.87. The van der Waals surface area contributed by atoms with Gasteiger partial charge < -0.3 is 5.32 Å². The number of hydrogen-bond acceptors (Lipinski definition) is 2. The number of pyridine rings is 1. The van der Waals surface area contributed by atoms with Gasteiger partial charge in [0.1, 0.15) is 5.82 Å². The van der Waals surface area contributed by atoms with E-state index in [0.29, 0.717) is 16.6 Å². The topological polar surface area (TPSA) is 42.0 Å². The zero-order chi connectivity index (χ0) is 21.4. The van der Waals surface area contributed by atoms with Crippen molar-refractivity contribution in [2.24, 2.45) is 0 Å². The van der Waals surface area contributed by atoms with E-state index in [9.17, 15) is 22.4 Å². The molecule has 0 saturated heterocycles. The number of rotatable bonds is 3. The number of carbonyl (C=O) groups excluding carboxylic acids is 1. The quantitative estimate of drug-likeness (QED) is 0.576. The van der Waals surface area contributed by atoms with Crippen LogP contribution in [0.25, 0.3) is 10.9 Å².